The van der Waals surface area contributed by atoms with Crippen LogP contribution in [0.3, 0.4) is 0 Å². The summed E-state index contributed by atoms with van der Waals surface area (Å²) < 4.78 is 11.2. The molecule has 1 spiro atoms. The fraction of sp³-hybridized carbons (Fsp3) is 0.440. The number of fused-ring (bicyclic) bond motifs is 2. The molecule has 0 N–H and O–H groups in total. The Labute approximate surface area is 177 Å². The lowest BCUT2D eigenvalue weighted by molar-refractivity contribution is -0.130. The van der Waals surface area contributed by atoms with Gasteiger partial charge in [0.15, 0.2) is 0 Å². The van der Waals surface area contributed by atoms with E-state index in [1.54, 1.807) is 0 Å². The first-order chi connectivity index (χ1) is 14.6. The molecule has 0 unspecified atom stereocenters. The molecule has 156 valence electrons. The second-order valence-corrected chi connectivity index (χ2v) is 8.98. The predicted octanol–water partition coefficient (Wildman–Crippen LogP) is 4.93. The number of imide groups is 1. The molecule has 5 rings (SSSR count). The van der Waals surface area contributed by atoms with E-state index in [2.05, 4.69) is 25.1 Å². The quantitative estimate of drug-likeness (QED) is 0.727. The van der Waals surface area contributed by atoms with Gasteiger partial charge in [-0.1, -0.05) is 42.5 Å². The largest absolute Gasteiger partial charge is 0.492 e. The van der Waals surface area contributed by atoms with Gasteiger partial charge in [-0.25, -0.2) is 9.69 Å². The molecule has 2 fully saturated rings. The topological polar surface area (TPSA) is 55.8 Å². The van der Waals surface area contributed by atoms with E-state index in [0.29, 0.717) is 12.3 Å². The van der Waals surface area contributed by atoms with Crippen LogP contribution in [0.1, 0.15) is 54.8 Å². The summed E-state index contributed by atoms with van der Waals surface area (Å²) in [5.74, 6) is 1.20. The zero-order chi connectivity index (χ0) is 20.7. The zero-order valence-electron chi connectivity index (χ0n) is 17.3. The second kappa shape index (κ2) is 7.46. The van der Waals surface area contributed by atoms with Gasteiger partial charge in [-0.3, -0.25) is 4.79 Å². The summed E-state index contributed by atoms with van der Waals surface area (Å²) in [4.78, 5) is 26.7. The highest BCUT2D eigenvalue weighted by atomic mass is 16.6. The molecule has 1 saturated heterocycles. The van der Waals surface area contributed by atoms with Gasteiger partial charge in [0, 0.05) is 17.4 Å². The van der Waals surface area contributed by atoms with Crippen LogP contribution in [0, 0.1) is 12.8 Å². The molecule has 2 amide bonds. The second-order valence-electron chi connectivity index (χ2n) is 8.98. The number of benzene rings is 2. The summed E-state index contributed by atoms with van der Waals surface area (Å²) >= 11 is 0. The van der Waals surface area contributed by atoms with Crippen LogP contribution in [0.15, 0.2) is 48.5 Å². The van der Waals surface area contributed by atoms with E-state index in [-0.39, 0.29) is 24.0 Å². The van der Waals surface area contributed by atoms with Crippen molar-refractivity contribution in [2.45, 2.75) is 50.5 Å². The molecule has 2 aromatic carbocycles. The van der Waals surface area contributed by atoms with Gasteiger partial charge in [0.05, 0.1) is 6.61 Å². The van der Waals surface area contributed by atoms with Gasteiger partial charge in [0.25, 0.3) is 0 Å². The Hall–Kier alpha value is -2.82. The molecule has 3 aliphatic rings. The molecule has 30 heavy (non-hydrogen) atoms. The van der Waals surface area contributed by atoms with Gasteiger partial charge >= 0.3 is 6.09 Å². The maximum Gasteiger partial charge on any atom is 0.417 e. The molecule has 5 heteroatoms. The molecule has 1 saturated carbocycles. The molecule has 2 aromatic rings. The van der Waals surface area contributed by atoms with Crippen LogP contribution in [0.2, 0.25) is 0 Å². The van der Waals surface area contributed by atoms with Crippen molar-refractivity contribution < 1.29 is 19.1 Å². The Balaban J connectivity index is 1.25. The van der Waals surface area contributed by atoms with Crippen LogP contribution in [-0.2, 0) is 14.9 Å². The number of hydrogen-bond acceptors (Lipinski definition) is 4. The average molecular weight is 405 g/mol. The number of ether oxygens (including phenoxy) is 2. The molecule has 5 nitrogen and oxygen atoms in total. The summed E-state index contributed by atoms with van der Waals surface area (Å²) in [7, 11) is 0. The van der Waals surface area contributed by atoms with Gasteiger partial charge < -0.3 is 9.47 Å². The van der Waals surface area contributed by atoms with E-state index >= 15 is 0 Å². The molecule has 1 atom stereocenters. The normalized spacial score (nSPS) is 27.6. The lowest BCUT2D eigenvalue weighted by Crippen LogP contribution is -2.38. The monoisotopic (exact) mass is 405 g/mol. The Morgan fingerprint density at radius 1 is 1.10 bits per heavy atom. The number of amides is 2. The van der Waals surface area contributed by atoms with Crippen molar-refractivity contribution in [2.75, 3.05) is 13.2 Å². The summed E-state index contributed by atoms with van der Waals surface area (Å²) in [6.07, 6.45) is 3.87. The van der Waals surface area contributed by atoms with E-state index in [1.165, 1.54) is 16.0 Å². The maximum atomic E-state index is 13.1. The van der Waals surface area contributed by atoms with Crippen molar-refractivity contribution in [3.05, 3.63) is 65.2 Å². The Kier molecular flexibility index (Phi) is 4.76. The van der Waals surface area contributed by atoms with Crippen LogP contribution in [-0.4, -0.2) is 30.1 Å². The van der Waals surface area contributed by atoms with E-state index in [0.717, 1.165) is 43.6 Å². The van der Waals surface area contributed by atoms with Gasteiger partial charge in [0.1, 0.15) is 18.4 Å². The standard InChI is InChI=1S/C25H27NO4/c1-17-7-8-20-22(13-17)30-16-25(20)11-9-18(10-12-25)14-23(27)26-21(15-29-24(26)28)19-5-3-2-4-6-19/h2-8,13,18,21H,9-12,14-16H2,1H3/t18?,21-,25?/m0/s1. The van der Waals surface area contributed by atoms with E-state index < -0.39 is 6.09 Å². The molecule has 2 heterocycles. The predicted molar refractivity (Wildman–Crippen MR) is 112 cm³/mol. The lowest BCUT2D eigenvalue weighted by atomic mass is 9.67. The molecular formula is C25H27NO4. The minimum Gasteiger partial charge on any atom is -0.492 e. The Morgan fingerprint density at radius 3 is 2.63 bits per heavy atom. The summed E-state index contributed by atoms with van der Waals surface area (Å²) in [6, 6.07) is 15.8. The van der Waals surface area contributed by atoms with Gasteiger partial charge in [0.2, 0.25) is 5.91 Å². The lowest BCUT2D eigenvalue weighted by Gasteiger charge is -2.36. The minimum absolute atomic E-state index is 0.0850. The number of hydrogen-bond donors (Lipinski definition) is 0. The number of nitrogens with zero attached hydrogens (tertiary/aromatic N) is 1. The summed E-state index contributed by atoms with van der Waals surface area (Å²) in [6.45, 7) is 3.06. The molecule has 2 aliphatic heterocycles. The number of carbonyl (C=O) groups excluding carboxylic acids is 2. The van der Waals surface area contributed by atoms with Gasteiger partial charge in [-0.15, -0.1) is 0 Å². The number of carbonyl (C=O) groups is 2. The molecule has 0 aromatic heterocycles. The van der Waals surface area contributed by atoms with Gasteiger partial charge in [-0.2, -0.15) is 0 Å². The molecule has 0 bridgehead atoms. The Bertz CT molecular complexity index is 962. The van der Waals surface area contributed by atoms with Gasteiger partial charge in [-0.05, 0) is 55.7 Å². The fourth-order valence-corrected chi connectivity index (χ4v) is 5.29. The van der Waals surface area contributed by atoms with Crippen molar-refractivity contribution in [3.8, 4) is 5.75 Å². The number of rotatable bonds is 3. The minimum atomic E-state index is -0.519. The Morgan fingerprint density at radius 2 is 1.87 bits per heavy atom. The fourth-order valence-electron chi connectivity index (χ4n) is 5.29. The molecule has 0 radical (unpaired) electrons. The van der Waals surface area contributed by atoms with E-state index in [1.807, 2.05) is 30.3 Å². The van der Waals surface area contributed by atoms with Crippen LogP contribution in [0.5, 0.6) is 5.75 Å². The highest BCUT2D eigenvalue weighted by Gasteiger charge is 2.45. The van der Waals surface area contributed by atoms with Crippen LogP contribution in [0.25, 0.3) is 0 Å². The van der Waals surface area contributed by atoms with E-state index in [9.17, 15) is 9.59 Å². The van der Waals surface area contributed by atoms with Crippen LogP contribution >= 0.6 is 0 Å². The van der Waals surface area contributed by atoms with Crippen molar-refractivity contribution in [2.24, 2.45) is 5.92 Å². The van der Waals surface area contributed by atoms with Crippen molar-refractivity contribution in [3.63, 3.8) is 0 Å². The van der Waals surface area contributed by atoms with Crippen molar-refractivity contribution >= 4 is 12.0 Å². The molecular weight excluding hydrogens is 378 g/mol. The summed E-state index contributed by atoms with van der Waals surface area (Å²) in [5, 5.41) is 0. The van der Waals surface area contributed by atoms with E-state index in [4.69, 9.17) is 9.47 Å². The number of aryl methyl sites for hydroxylation is 1. The van der Waals surface area contributed by atoms with Crippen molar-refractivity contribution in [1.29, 1.82) is 0 Å². The highest BCUT2D eigenvalue weighted by Crippen LogP contribution is 2.49. The SMILES string of the molecule is Cc1ccc2c(c1)OCC21CCC(CC(=O)N2C(=O)OC[C@H]2c2ccccc2)CC1. The maximum absolute atomic E-state index is 13.1. The average Bonchev–Trinajstić information content (AvgIpc) is 3.31. The van der Waals surface area contributed by atoms with Crippen molar-refractivity contribution in [1.82, 2.24) is 4.90 Å². The molecule has 1 aliphatic carbocycles. The number of cyclic esters (lactones) is 1. The first kappa shape index (κ1) is 19.2. The van der Waals surface area contributed by atoms with Crippen LogP contribution in [0.4, 0.5) is 4.79 Å². The highest BCUT2D eigenvalue weighted by molar-refractivity contribution is 5.93. The third kappa shape index (κ3) is 3.26. The third-order valence-electron chi connectivity index (χ3n) is 7.06. The first-order valence-corrected chi connectivity index (χ1v) is 10.8. The van der Waals surface area contributed by atoms with Crippen LogP contribution < -0.4 is 4.74 Å². The summed E-state index contributed by atoms with van der Waals surface area (Å²) in [5.41, 5.74) is 3.57. The first-order valence-electron chi connectivity index (χ1n) is 10.8. The zero-order valence-corrected chi connectivity index (χ0v) is 17.3. The smallest absolute Gasteiger partial charge is 0.417 e. The third-order valence-corrected chi connectivity index (χ3v) is 7.06.